The van der Waals surface area contributed by atoms with Gasteiger partial charge in [-0.2, -0.15) is 0 Å². The number of hydrogen-bond donors (Lipinski definition) is 0. The molecule has 2 heterocycles. The molecule has 3 aromatic rings. The minimum absolute atomic E-state index is 0.0171. The van der Waals surface area contributed by atoms with Crippen molar-refractivity contribution in [2.75, 3.05) is 16.3 Å². The van der Waals surface area contributed by atoms with Crippen molar-refractivity contribution in [1.29, 1.82) is 0 Å². The first kappa shape index (κ1) is 19.5. The van der Waals surface area contributed by atoms with E-state index in [0.717, 1.165) is 21.3 Å². The van der Waals surface area contributed by atoms with Crippen molar-refractivity contribution in [1.82, 2.24) is 0 Å². The molecule has 1 atom stereocenters. The number of carbonyl (C=O) groups is 2. The van der Waals surface area contributed by atoms with Gasteiger partial charge in [-0.05, 0) is 68.3 Å². The van der Waals surface area contributed by atoms with Gasteiger partial charge in [0.15, 0.2) is 6.04 Å². The van der Waals surface area contributed by atoms with Gasteiger partial charge in [-0.25, -0.2) is 0 Å². The average Bonchev–Trinajstić information content (AvgIpc) is 3.10. The van der Waals surface area contributed by atoms with Crippen molar-refractivity contribution >= 4 is 39.1 Å². The Morgan fingerprint density at radius 2 is 1.59 bits per heavy atom. The molecular formula is C23H21BrN2O3. The number of amides is 2. The monoisotopic (exact) mass is 452 g/mol. The summed E-state index contributed by atoms with van der Waals surface area (Å²) in [6, 6.07) is 15.9. The number of anilines is 2. The van der Waals surface area contributed by atoms with Crippen molar-refractivity contribution < 1.29 is 14.0 Å². The van der Waals surface area contributed by atoms with Gasteiger partial charge < -0.3 is 9.32 Å². The van der Waals surface area contributed by atoms with Gasteiger partial charge in [0.25, 0.3) is 5.91 Å². The molecule has 2 amide bonds. The maximum Gasteiger partial charge on any atom is 0.258 e. The van der Waals surface area contributed by atoms with Crippen LogP contribution in [0.1, 0.15) is 28.7 Å². The van der Waals surface area contributed by atoms with Crippen LogP contribution in [0.25, 0.3) is 0 Å². The van der Waals surface area contributed by atoms with Crippen LogP contribution in [-0.4, -0.2) is 18.4 Å². The molecule has 29 heavy (non-hydrogen) atoms. The highest BCUT2D eigenvalue weighted by Crippen LogP contribution is 2.37. The zero-order chi connectivity index (χ0) is 20.7. The number of carbonyl (C=O) groups excluding carboxylic acids is 2. The molecule has 1 aliphatic heterocycles. The first-order valence-corrected chi connectivity index (χ1v) is 10.2. The summed E-state index contributed by atoms with van der Waals surface area (Å²) in [5, 5.41) is 0. The number of halogens is 1. The summed E-state index contributed by atoms with van der Waals surface area (Å²) < 4.78 is 6.71. The molecule has 0 bridgehead atoms. The zero-order valence-corrected chi connectivity index (χ0v) is 18.1. The van der Waals surface area contributed by atoms with E-state index in [2.05, 4.69) is 15.9 Å². The topological polar surface area (TPSA) is 53.8 Å². The molecule has 0 radical (unpaired) electrons. The molecular weight excluding hydrogens is 432 g/mol. The van der Waals surface area contributed by atoms with E-state index in [-0.39, 0.29) is 18.4 Å². The van der Waals surface area contributed by atoms with E-state index in [1.54, 1.807) is 11.0 Å². The normalized spacial score (nSPS) is 17.2. The smallest absolute Gasteiger partial charge is 0.258 e. The standard InChI is InChI=1S/C23H21BrN2O3/c1-14-5-4-6-15(2)21(14)25-13-20(27)26(18-10-8-17(24)9-11-18)22(23(25)28)19-12-7-16(3)29-19/h4-12,22H,13H2,1-3H3/t22-/m0/s1. The highest BCUT2D eigenvalue weighted by Gasteiger charge is 2.44. The van der Waals surface area contributed by atoms with E-state index in [1.165, 1.54) is 4.90 Å². The number of benzene rings is 2. The Hall–Kier alpha value is -2.86. The summed E-state index contributed by atoms with van der Waals surface area (Å²) >= 11 is 3.42. The molecule has 0 N–H and O–H groups in total. The summed E-state index contributed by atoms with van der Waals surface area (Å²) in [7, 11) is 0. The lowest BCUT2D eigenvalue weighted by molar-refractivity contribution is -0.129. The van der Waals surface area contributed by atoms with E-state index in [1.807, 2.05) is 69.3 Å². The molecule has 0 aliphatic carbocycles. The summed E-state index contributed by atoms with van der Waals surface area (Å²) in [6.45, 7) is 5.71. The van der Waals surface area contributed by atoms with E-state index in [4.69, 9.17) is 4.42 Å². The Labute approximate surface area is 178 Å². The second-order valence-electron chi connectivity index (χ2n) is 7.26. The van der Waals surface area contributed by atoms with E-state index in [9.17, 15) is 9.59 Å². The zero-order valence-electron chi connectivity index (χ0n) is 16.5. The molecule has 5 nitrogen and oxygen atoms in total. The third-order valence-electron chi connectivity index (χ3n) is 5.17. The molecule has 0 saturated carbocycles. The molecule has 4 rings (SSSR count). The van der Waals surface area contributed by atoms with Crippen LogP contribution in [0.2, 0.25) is 0 Å². The number of para-hydroxylation sites is 1. The summed E-state index contributed by atoms with van der Waals surface area (Å²) in [5.74, 6) is 0.813. The van der Waals surface area contributed by atoms with Crippen LogP contribution >= 0.6 is 15.9 Å². The van der Waals surface area contributed by atoms with Gasteiger partial charge in [0.2, 0.25) is 5.91 Å². The number of nitrogens with zero attached hydrogens (tertiary/aromatic N) is 2. The fourth-order valence-electron chi connectivity index (χ4n) is 3.86. The minimum atomic E-state index is -0.856. The highest BCUT2D eigenvalue weighted by molar-refractivity contribution is 9.10. The van der Waals surface area contributed by atoms with Crippen LogP contribution in [0.3, 0.4) is 0 Å². The molecule has 1 saturated heterocycles. The van der Waals surface area contributed by atoms with Crippen LogP contribution in [0.5, 0.6) is 0 Å². The first-order chi connectivity index (χ1) is 13.9. The Morgan fingerprint density at radius 1 is 0.931 bits per heavy atom. The lowest BCUT2D eigenvalue weighted by Gasteiger charge is -2.40. The summed E-state index contributed by atoms with van der Waals surface area (Å²) in [5.41, 5.74) is 3.36. The second-order valence-corrected chi connectivity index (χ2v) is 8.17. The van der Waals surface area contributed by atoms with Gasteiger partial charge in [-0.15, -0.1) is 0 Å². The molecule has 6 heteroatoms. The van der Waals surface area contributed by atoms with Crippen molar-refractivity contribution in [3.63, 3.8) is 0 Å². The number of hydrogen-bond acceptors (Lipinski definition) is 3. The largest absolute Gasteiger partial charge is 0.464 e. The van der Waals surface area contributed by atoms with Crippen LogP contribution in [0.4, 0.5) is 11.4 Å². The average molecular weight is 453 g/mol. The van der Waals surface area contributed by atoms with Gasteiger partial charge >= 0.3 is 0 Å². The maximum absolute atomic E-state index is 13.7. The maximum atomic E-state index is 13.7. The lowest BCUT2D eigenvalue weighted by atomic mass is 10.0. The second kappa shape index (κ2) is 7.52. The molecule has 1 aromatic heterocycles. The molecule has 1 aliphatic rings. The van der Waals surface area contributed by atoms with Crippen molar-refractivity contribution in [2.24, 2.45) is 0 Å². The van der Waals surface area contributed by atoms with Crippen molar-refractivity contribution in [2.45, 2.75) is 26.8 Å². The summed E-state index contributed by atoms with van der Waals surface area (Å²) in [6.07, 6.45) is 0. The van der Waals surface area contributed by atoms with Crippen LogP contribution in [0, 0.1) is 20.8 Å². The van der Waals surface area contributed by atoms with Crippen LogP contribution < -0.4 is 9.80 Å². The molecule has 0 spiro atoms. The highest BCUT2D eigenvalue weighted by atomic mass is 79.9. The minimum Gasteiger partial charge on any atom is -0.464 e. The van der Waals surface area contributed by atoms with Gasteiger partial charge in [-0.1, -0.05) is 34.1 Å². The molecule has 148 valence electrons. The number of rotatable bonds is 3. The Bertz CT molecular complexity index is 1070. The van der Waals surface area contributed by atoms with Crippen LogP contribution in [-0.2, 0) is 9.59 Å². The van der Waals surface area contributed by atoms with Crippen molar-refractivity contribution in [3.05, 3.63) is 81.7 Å². The van der Waals surface area contributed by atoms with Crippen molar-refractivity contribution in [3.8, 4) is 0 Å². The molecule has 0 unspecified atom stereocenters. The third kappa shape index (κ3) is 3.49. The molecule has 2 aromatic carbocycles. The van der Waals surface area contributed by atoms with Gasteiger partial charge in [0, 0.05) is 10.2 Å². The number of furan rings is 1. The Balaban J connectivity index is 1.84. The first-order valence-electron chi connectivity index (χ1n) is 9.38. The Kier molecular flexibility index (Phi) is 5.04. The van der Waals surface area contributed by atoms with E-state index >= 15 is 0 Å². The predicted molar refractivity (Wildman–Crippen MR) is 116 cm³/mol. The van der Waals surface area contributed by atoms with E-state index in [0.29, 0.717) is 17.2 Å². The quantitative estimate of drug-likeness (QED) is 0.555. The van der Waals surface area contributed by atoms with Crippen LogP contribution in [0.15, 0.2) is 63.5 Å². The SMILES string of the molecule is Cc1ccc([C@H]2C(=O)N(c3c(C)cccc3C)CC(=O)N2c2ccc(Br)cc2)o1. The molecule has 1 fully saturated rings. The third-order valence-corrected chi connectivity index (χ3v) is 5.69. The predicted octanol–water partition coefficient (Wildman–Crippen LogP) is 5.09. The van der Waals surface area contributed by atoms with Gasteiger partial charge in [0.05, 0.1) is 5.69 Å². The van der Waals surface area contributed by atoms with Gasteiger partial charge in [-0.3, -0.25) is 14.5 Å². The lowest BCUT2D eigenvalue weighted by Crippen LogP contribution is -2.56. The fourth-order valence-corrected chi connectivity index (χ4v) is 4.12. The fraction of sp³-hybridized carbons (Fsp3) is 0.217. The number of piperazine rings is 1. The van der Waals surface area contributed by atoms with E-state index < -0.39 is 6.04 Å². The van der Waals surface area contributed by atoms with Gasteiger partial charge in [0.1, 0.15) is 18.1 Å². The number of aryl methyl sites for hydroxylation is 3. The summed E-state index contributed by atoms with van der Waals surface area (Å²) in [4.78, 5) is 30.1. The Morgan fingerprint density at radius 3 is 2.17 bits per heavy atom.